The first kappa shape index (κ1) is 24.6. The van der Waals surface area contributed by atoms with Gasteiger partial charge in [0.05, 0.1) is 21.7 Å². The fourth-order valence-corrected chi connectivity index (χ4v) is 5.98. The van der Waals surface area contributed by atoms with Gasteiger partial charge in [0.1, 0.15) is 0 Å². The molecule has 0 aliphatic heterocycles. The van der Waals surface area contributed by atoms with E-state index >= 15 is 0 Å². The lowest BCUT2D eigenvalue weighted by Gasteiger charge is -2.08. The van der Waals surface area contributed by atoms with Crippen molar-refractivity contribution in [3.63, 3.8) is 0 Å². The first-order valence-corrected chi connectivity index (χ1v) is 13.5. The zero-order valence-corrected chi connectivity index (χ0v) is 21.8. The van der Waals surface area contributed by atoms with Crippen LogP contribution in [0.2, 0.25) is 5.02 Å². The Bertz CT molecular complexity index is 1510. The van der Waals surface area contributed by atoms with Gasteiger partial charge in [-0.2, -0.15) is 4.99 Å². The smallest absolute Gasteiger partial charge is 0.279 e. The minimum Gasteiger partial charge on any atom is -0.383 e. The number of ether oxygens (including phenoxy) is 1. The number of sulfonamides is 1. The summed E-state index contributed by atoms with van der Waals surface area (Å²) in [5.41, 5.74) is 1.63. The molecule has 0 spiro atoms. The van der Waals surface area contributed by atoms with E-state index in [1.165, 1.54) is 59.9 Å². The molecule has 0 radical (unpaired) electrons. The fraction of sp³-hybridized carbons (Fsp3) is 0.130. The van der Waals surface area contributed by atoms with E-state index in [4.69, 9.17) is 16.3 Å². The number of nitrogens with one attached hydrogen (secondary N) is 1. The highest BCUT2D eigenvalue weighted by atomic mass is 79.9. The maximum absolute atomic E-state index is 12.9. The molecule has 0 saturated heterocycles. The highest BCUT2D eigenvalue weighted by molar-refractivity contribution is 9.10. The molecule has 1 N–H and O–H groups in total. The number of hydrogen-bond acceptors (Lipinski definition) is 5. The third kappa shape index (κ3) is 5.59. The Kier molecular flexibility index (Phi) is 7.54. The number of carbonyl (C=O) groups excluding carboxylic acids is 1. The monoisotopic (exact) mass is 579 g/mol. The molecule has 176 valence electrons. The van der Waals surface area contributed by atoms with Crippen LogP contribution in [0, 0.1) is 0 Å². The molecule has 0 fully saturated rings. The molecular formula is C23H19BrClN3O4S2. The molecule has 34 heavy (non-hydrogen) atoms. The molecule has 7 nitrogen and oxygen atoms in total. The molecule has 1 amide bonds. The summed E-state index contributed by atoms with van der Waals surface area (Å²) in [5.74, 6) is -0.427. The molecule has 0 saturated carbocycles. The van der Waals surface area contributed by atoms with Gasteiger partial charge in [0.25, 0.3) is 15.9 Å². The predicted molar refractivity (Wildman–Crippen MR) is 138 cm³/mol. The van der Waals surface area contributed by atoms with Gasteiger partial charge in [0.2, 0.25) is 0 Å². The maximum atomic E-state index is 12.9. The minimum absolute atomic E-state index is 0.0871. The number of aromatic nitrogens is 1. The number of rotatable bonds is 7. The third-order valence-electron chi connectivity index (χ3n) is 4.87. The number of hydrogen-bond donors (Lipinski definition) is 1. The lowest BCUT2D eigenvalue weighted by atomic mass is 10.2. The molecule has 1 heterocycles. The van der Waals surface area contributed by atoms with E-state index in [1.54, 1.807) is 7.11 Å². The van der Waals surface area contributed by atoms with Crippen LogP contribution in [0.25, 0.3) is 10.2 Å². The molecule has 0 atom stereocenters. The molecule has 11 heteroatoms. The third-order valence-corrected chi connectivity index (χ3v) is 8.05. The van der Waals surface area contributed by atoms with Gasteiger partial charge >= 0.3 is 0 Å². The van der Waals surface area contributed by atoms with Crippen LogP contribution < -0.4 is 9.52 Å². The van der Waals surface area contributed by atoms with Crippen LogP contribution >= 0.6 is 38.9 Å². The van der Waals surface area contributed by atoms with Crippen LogP contribution in [0.1, 0.15) is 10.4 Å². The second-order valence-electron chi connectivity index (χ2n) is 7.19. The molecular weight excluding hydrogens is 562 g/mol. The van der Waals surface area contributed by atoms with Crippen molar-refractivity contribution >= 4 is 70.7 Å². The summed E-state index contributed by atoms with van der Waals surface area (Å²) in [6.45, 7) is 1.03. The van der Waals surface area contributed by atoms with E-state index in [1.807, 2.05) is 22.8 Å². The summed E-state index contributed by atoms with van der Waals surface area (Å²) in [6.07, 6.45) is 0. The van der Waals surface area contributed by atoms with Crippen molar-refractivity contribution in [1.29, 1.82) is 0 Å². The molecule has 4 rings (SSSR count). The fourth-order valence-electron chi connectivity index (χ4n) is 3.19. The lowest BCUT2D eigenvalue weighted by molar-refractivity contribution is 0.0997. The Hall–Kier alpha value is -2.50. The van der Waals surface area contributed by atoms with Gasteiger partial charge < -0.3 is 9.30 Å². The number of carbonyl (C=O) groups is 1. The number of fused-ring (bicyclic) bond motifs is 1. The second kappa shape index (κ2) is 10.4. The highest BCUT2D eigenvalue weighted by Crippen LogP contribution is 2.23. The van der Waals surface area contributed by atoms with Crippen molar-refractivity contribution in [2.45, 2.75) is 11.4 Å². The summed E-state index contributed by atoms with van der Waals surface area (Å²) >= 11 is 10.7. The Morgan fingerprint density at radius 3 is 2.50 bits per heavy atom. The van der Waals surface area contributed by atoms with E-state index in [0.29, 0.717) is 34.2 Å². The van der Waals surface area contributed by atoms with E-state index in [2.05, 4.69) is 25.6 Å². The van der Waals surface area contributed by atoms with Gasteiger partial charge in [-0.05, 0) is 66.7 Å². The van der Waals surface area contributed by atoms with Crippen LogP contribution in [0.15, 0.2) is 81.1 Å². The average molecular weight is 581 g/mol. The molecule has 0 unspecified atom stereocenters. The van der Waals surface area contributed by atoms with Crippen LogP contribution in [0.4, 0.5) is 5.69 Å². The van der Waals surface area contributed by atoms with Crippen LogP contribution in [0.3, 0.4) is 0 Å². The van der Waals surface area contributed by atoms with Crippen molar-refractivity contribution in [3.8, 4) is 0 Å². The molecule has 0 aliphatic rings. The topological polar surface area (TPSA) is 89.8 Å². The summed E-state index contributed by atoms with van der Waals surface area (Å²) in [4.78, 5) is 17.8. The first-order valence-electron chi connectivity index (χ1n) is 10.0. The van der Waals surface area contributed by atoms with Crippen LogP contribution in [0.5, 0.6) is 0 Å². The standard InChI is InChI=1S/C23H19BrClN3O4S2/c1-32-13-12-28-20-11-4-16(24)14-21(20)33-23(28)26-22(29)15-2-7-18(8-3-15)27-34(30,31)19-9-5-17(25)6-10-19/h2-11,14,27H,12-13H2,1H3. The normalized spacial score (nSPS) is 12.3. The number of nitrogens with zero attached hydrogens (tertiary/aromatic N) is 2. The molecule has 1 aromatic heterocycles. The van der Waals surface area contributed by atoms with Gasteiger partial charge in [-0.3, -0.25) is 9.52 Å². The summed E-state index contributed by atoms with van der Waals surface area (Å²) < 4.78 is 36.7. The average Bonchev–Trinajstić information content (AvgIpc) is 3.13. The summed E-state index contributed by atoms with van der Waals surface area (Å²) in [7, 11) is -2.16. The Balaban J connectivity index is 1.59. The number of halogens is 2. The molecule has 4 aromatic rings. The number of thiazole rings is 1. The lowest BCUT2D eigenvalue weighted by Crippen LogP contribution is -2.19. The van der Waals surface area contributed by atoms with E-state index in [9.17, 15) is 13.2 Å². The van der Waals surface area contributed by atoms with Crippen LogP contribution in [-0.2, 0) is 21.3 Å². The Morgan fingerprint density at radius 2 is 1.82 bits per heavy atom. The van der Waals surface area contributed by atoms with E-state index in [-0.39, 0.29) is 4.90 Å². The largest absolute Gasteiger partial charge is 0.383 e. The maximum Gasteiger partial charge on any atom is 0.279 e. The van der Waals surface area contributed by atoms with Crippen molar-refractivity contribution in [2.75, 3.05) is 18.4 Å². The van der Waals surface area contributed by atoms with Gasteiger partial charge in [0, 0.05) is 34.4 Å². The van der Waals surface area contributed by atoms with Crippen molar-refractivity contribution in [2.24, 2.45) is 4.99 Å². The van der Waals surface area contributed by atoms with Crippen molar-refractivity contribution < 1.29 is 17.9 Å². The quantitative estimate of drug-likeness (QED) is 0.321. The van der Waals surface area contributed by atoms with Crippen LogP contribution in [-0.4, -0.2) is 32.6 Å². The Labute approximate surface area is 213 Å². The van der Waals surface area contributed by atoms with Gasteiger partial charge in [-0.1, -0.05) is 38.9 Å². The molecule has 0 aliphatic carbocycles. The summed E-state index contributed by atoms with van der Waals surface area (Å²) in [5, 5.41) is 0.445. The first-order chi connectivity index (χ1) is 16.3. The molecule has 3 aromatic carbocycles. The zero-order valence-electron chi connectivity index (χ0n) is 17.9. The van der Waals surface area contributed by atoms with Gasteiger partial charge in [-0.25, -0.2) is 8.42 Å². The number of anilines is 1. The number of benzene rings is 3. The zero-order chi connectivity index (χ0) is 24.3. The minimum atomic E-state index is -3.78. The van der Waals surface area contributed by atoms with E-state index in [0.717, 1.165) is 14.7 Å². The SMILES string of the molecule is COCCn1c(=NC(=O)c2ccc(NS(=O)(=O)c3ccc(Cl)cc3)cc2)sc2cc(Br)ccc21. The van der Waals surface area contributed by atoms with Gasteiger partial charge in [-0.15, -0.1) is 0 Å². The molecule has 0 bridgehead atoms. The van der Waals surface area contributed by atoms with Crippen molar-refractivity contribution in [1.82, 2.24) is 4.57 Å². The van der Waals surface area contributed by atoms with E-state index < -0.39 is 15.9 Å². The number of methoxy groups -OCH3 is 1. The second-order valence-corrected chi connectivity index (χ2v) is 11.2. The Morgan fingerprint density at radius 1 is 1.12 bits per heavy atom. The highest BCUT2D eigenvalue weighted by Gasteiger charge is 2.15. The van der Waals surface area contributed by atoms with Crippen molar-refractivity contribution in [3.05, 3.63) is 86.6 Å². The predicted octanol–water partition coefficient (Wildman–Crippen LogP) is 5.31. The number of amides is 1. The summed E-state index contributed by atoms with van der Waals surface area (Å²) in [6, 6.07) is 17.9. The van der Waals surface area contributed by atoms with Gasteiger partial charge in [0.15, 0.2) is 4.80 Å².